The zero-order valence-electron chi connectivity index (χ0n) is 8.89. The summed E-state index contributed by atoms with van der Waals surface area (Å²) in [6.07, 6.45) is -3.69. The first kappa shape index (κ1) is 13.3. The molecule has 0 amide bonds. The van der Waals surface area contributed by atoms with Crippen molar-refractivity contribution in [3.8, 4) is 5.69 Å². The maximum atomic E-state index is 12.3. The molecule has 0 radical (unpaired) electrons. The first-order valence-corrected chi connectivity index (χ1v) is 5.06. The molecular weight excluding hydrogens is 289 g/mol. The highest BCUT2D eigenvalue weighted by atomic mass is 35.5. The summed E-state index contributed by atoms with van der Waals surface area (Å²) in [6.45, 7) is 0. The van der Waals surface area contributed by atoms with Crippen LogP contribution in [-0.2, 0) is 6.18 Å². The number of pyridine rings is 1. The van der Waals surface area contributed by atoms with Crippen molar-refractivity contribution in [2.24, 2.45) is 0 Å². The molecule has 2 heterocycles. The van der Waals surface area contributed by atoms with Crippen LogP contribution >= 0.6 is 11.6 Å². The van der Waals surface area contributed by atoms with Crippen LogP contribution in [0.4, 0.5) is 13.2 Å². The lowest BCUT2D eigenvalue weighted by Crippen LogP contribution is -2.09. The van der Waals surface area contributed by atoms with Crippen molar-refractivity contribution >= 4 is 17.6 Å². The van der Waals surface area contributed by atoms with Crippen LogP contribution in [0.1, 0.15) is 16.2 Å². The molecular formula is C9H4ClF3N4O2. The molecule has 0 unspecified atom stereocenters. The van der Waals surface area contributed by atoms with Gasteiger partial charge in [0.15, 0.2) is 5.15 Å². The Balaban J connectivity index is 2.38. The molecule has 0 bridgehead atoms. The highest BCUT2D eigenvalue weighted by Crippen LogP contribution is 2.27. The van der Waals surface area contributed by atoms with Gasteiger partial charge >= 0.3 is 12.1 Å². The van der Waals surface area contributed by atoms with Crippen molar-refractivity contribution < 1.29 is 23.1 Å². The van der Waals surface area contributed by atoms with E-state index in [9.17, 15) is 18.0 Å². The maximum Gasteiger partial charge on any atom is 0.433 e. The average molecular weight is 293 g/mol. The van der Waals surface area contributed by atoms with Crippen LogP contribution in [0.25, 0.3) is 5.69 Å². The second-order valence-corrected chi connectivity index (χ2v) is 3.69. The number of alkyl halides is 3. The average Bonchev–Trinajstić information content (AvgIpc) is 2.70. The first-order valence-electron chi connectivity index (χ1n) is 4.69. The van der Waals surface area contributed by atoms with E-state index in [1.165, 1.54) is 0 Å². The van der Waals surface area contributed by atoms with E-state index in [-0.39, 0.29) is 10.8 Å². The smallest absolute Gasteiger partial charge is 0.433 e. The van der Waals surface area contributed by atoms with Crippen LogP contribution in [0.3, 0.4) is 0 Å². The molecule has 0 fully saturated rings. The van der Waals surface area contributed by atoms with Gasteiger partial charge in [-0.05, 0) is 12.1 Å². The summed E-state index contributed by atoms with van der Waals surface area (Å²) in [7, 11) is 0. The molecule has 0 saturated heterocycles. The van der Waals surface area contributed by atoms with Crippen LogP contribution in [-0.4, -0.2) is 31.1 Å². The van der Waals surface area contributed by atoms with E-state index < -0.39 is 23.5 Å². The van der Waals surface area contributed by atoms with Crippen LogP contribution in [0.15, 0.2) is 18.3 Å². The normalized spacial score (nSPS) is 11.6. The monoisotopic (exact) mass is 292 g/mol. The van der Waals surface area contributed by atoms with Crippen molar-refractivity contribution in [2.75, 3.05) is 0 Å². The lowest BCUT2D eigenvalue weighted by molar-refractivity contribution is -0.141. The molecule has 0 spiro atoms. The van der Waals surface area contributed by atoms with Crippen LogP contribution < -0.4 is 0 Å². The van der Waals surface area contributed by atoms with Crippen LogP contribution in [0.2, 0.25) is 5.15 Å². The number of rotatable bonds is 2. The number of carboxylic acids is 1. The quantitative estimate of drug-likeness (QED) is 0.916. The number of carbonyl (C=O) groups is 1. The van der Waals surface area contributed by atoms with Crippen molar-refractivity contribution in [1.29, 1.82) is 0 Å². The standard InChI is InChI=1S/C9H4ClF3N4O2/c10-7-6(8(18)19)15-17(16-7)4-1-2-5(14-3-4)9(11,12)13/h1-3H,(H,18,19). The molecule has 0 aromatic carbocycles. The van der Waals surface area contributed by atoms with E-state index >= 15 is 0 Å². The predicted molar refractivity (Wildman–Crippen MR) is 56.1 cm³/mol. The minimum atomic E-state index is -4.56. The molecule has 0 aliphatic heterocycles. The Morgan fingerprint density at radius 3 is 2.42 bits per heavy atom. The second-order valence-electron chi connectivity index (χ2n) is 3.33. The third-order valence-corrected chi connectivity index (χ3v) is 2.30. The number of hydrogen-bond donors (Lipinski definition) is 1. The summed E-state index contributed by atoms with van der Waals surface area (Å²) in [5.41, 5.74) is -1.52. The number of carboxylic acid groups (broad SMARTS) is 1. The van der Waals surface area contributed by atoms with E-state index in [1.807, 2.05) is 0 Å². The zero-order chi connectivity index (χ0) is 14.2. The van der Waals surface area contributed by atoms with Gasteiger partial charge in [0.2, 0.25) is 5.69 Å². The van der Waals surface area contributed by atoms with Gasteiger partial charge in [0.05, 0.1) is 6.20 Å². The van der Waals surface area contributed by atoms with Crippen molar-refractivity contribution in [1.82, 2.24) is 20.0 Å². The van der Waals surface area contributed by atoms with Crippen molar-refractivity contribution in [3.63, 3.8) is 0 Å². The number of aromatic nitrogens is 4. The van der Waals surface area contributed by atoms with Gasteiger partial charge in [-0.1, -0.05) is 11.6 Å². The van der Waals surface area contributed by atoms with Crippen molar-refractivity contribution in [3.05, 3.63) is 34.9 Å². The van der Waals surface area contributed by atoms with Gasteiger partial charge in [-0.15, -0.1) is 15.0 Å². The fraction of sp³-hybridized carbons (Fsp3) is 0.111. The van der Waals surface area contributed by atoms with E-state index in [4.69, 9.17) is 16.7 Å². The Bertz CT molecular complexity index is 623. The highest BCUT2D eigenvalue weighted by Gasteiger charge is 2.32. The highest BCUT2D eigenvalue weighted by molar-refractivity contribution is 6.31. The molecule has 2 aromatic rings. The molecule has 0 aliphatic carbocycles. The molecule has 6 nitrogen and oxygen atoms in total. The van der Waals surface area contributed by atoms with Gasteiger partial charge < -0.3 is 5.11 Å². The molecule has 2 aromatic heterocycles. The number of hydrogen-bond acceptors (Lipinski definition) is 4. The van der Waals surface area contributed by atoms with Crippen LogP contribution in [0, 0.1) is 0 Å². The van der Waals surface area contributed by atoms with E-state index in [1.54, 1.807) is 0 Å². The molecule has 19 heavy (non-hydrogen) atoms. The fourth-order valence-electron chi connectivity index (χ4n) is 1.21. The van der Waals surface area contributed by atoms with E-state index in [0.29, 0.717) is 0 Å². The summed E-state index contributed by atoms with van der Waals surface area (Å²) in [5, 5.41) is 15.4. The second kappa shape index (κ2) is 4.50. The predicted octanol–water partition coefficient (Wildman–Crippen LogP) is 2.03. The fourth-order valence-corrected chi connectivity index (χ4v) is 1.40. The van der Waals surface area contributed by atoms with E-state index in [2.05, 4.69) is 15.2 Å². The molecule has 1 N–H and O–H groups in total. The zero-order valence-corrected chi connectivity index (χ0v) is 9.64. The lowest BCUT2D eigenvalue weighted by atomic mass is 10.3. The van der Waals surface area contributed by atoms with Gasteiger partial charge in [-0.2, -0.15) is 13.2 Å². The van der Waals surface area contributed by atoms with Gasteiger partial charge in [0, 0.05) is 0 Å². The number of nitrogens with zero attached hydrogens (tertiary/aromatic N) is 4. The van der Waals surface area contributed by atoms with E-state index in [0.717, 1.165) is 23.1 Å². The van der Waals surface area contributed by atoms with Gasteiger partial charge in [0.25, 0.3) is 0 Å². The van der Waals surface area contributed by atoms with Gasteiger partial charge in [0.1, 0.15) is 11.4 Å². The summed E-state index contributed by atoms with van der Waals surface area (Å²) >= 11 is 5.52. The van der Waals surface area contributed by atoms with Crippen LogP contribution in [0.5, 0.6) is 0 Å². The summed E-state index contributed by atoms with van der Waals surface area (Å²) in [4.78, 5) is 14.7. The Kier molecular flexibility index (Phi) is 3.14. The van der Waals surface area contributed by atoms with Crippen molar-refractivity contribution in [2.45, 2.75) is 6.18 Å². The minimum Gasteiger partial charge on any atom is -0.476 e. The minimum absolute atomic E-state index is 0.0578. The molecule has 100 valence electrons. The summed E-state index contributed by atoms with van der Waals surface area (Å²) < 4.78 is 36.9. The topological polar surface area (TPSA) is 80.9 Å². The van der Waals surface area contributed by atoms with Gasteiger partial charge in [-0.25, -0.2) is 9.78 Å². The Morgan fingerprint density at radius 2 is 2.00 bits per heavy atom. The number of aromatic carboxylic acids is 1. The largest absolute Gasteiger partial charge is 0.476 e. The first-order chi connectivity index (χ1) is 8.79. The SMILES string of the molecule is O=C(O)c1nn(-c2ccc(C(F)(F)F)nc2)nc1Cl. The Labute approximate surface area is 108 Å². The summed E-state index contributed by atoms with van der Waals surface area (Å²) in [6, 6.07) is 1.78. The molecule has 2 rings (SSSR count). The Morgan fingerprint density at radius 1 is 1.32 bits per heavy atom. The molecule has 10 heteroatoms. The molecule has 0 aliphatic rings. The number of halogens is 4. The molecule has 0 saturated carbocycles. The summed E-state index contributed by atoms with van der Waals surface area (Å²) in [5.74, 6) is -1.39. The van der Waals surface area contributed by atoms with Gasteiger partial charge in [-0.3, -0.25) is 0 Å². The molecule has 0 atom stereocenters. The lowest BCUT2D eigenvalue weighted by Gasteiger charge is -2.05. The third-order valence-electron chi connectivity index (χ3n) is 2.04. The third kappa shape index (κ3) is 2.65. The maximum absolute atomic E-state index is 12.3. The Hall–Kier alpha value is -2.16.